The molecule has 1 heterocycles. The van der Waals surface area contributed by atoms with Crippen molar-refractivity contribution in [2.45, 2.75) is 6.54 Å². The third kappa shape index (κ3) is 5.08. The Morgan fingerprint density at radius 3 is 2.44 bits per heavy atom. The molecule has 1 saturated heterocycles. The molecule has 5 nitrogen and oxygen atoms in total. The second-order valence-electron chi connectivity index (χ2n) is 6.53. The van der Waals surface area contributed by atoms with Crippen LogP contribution in [0.2, 0.25) is 0 Å². The van der Waals surface area contributed by atoms with Gasteiger partial charge >= 0.3 is 0 Å². The van der Waals surface area contributed by atoms with Crippen molar-refractivity contribution in [1.29, 1.82) is 0 Å². The monoisotopic (exact) mass is 390 g/mol. The Bertz CT molecular complexity index is 777. The van der Waals surface area contributed by atoms with Crippen LogP contribution in [0.25, 0.3) is 0 Å². The van der Waals surface area contributed by atoms with E-state index < -0.39 is 0 Å². The van der Waals surface area contributed by atoms with Gasteiger partial charge in [0.1, 0.15) is 23.9 Å². The maximum atomic E-state index is 13.6. The molecule has 0 radical (unpaired) electrons. The number of anilines is 1. The first-order chi connectivity index (χ1) is 13.1. The number of benzene rings is 2. The van der Waals surface area contributed by atoms with Gasteiger partial charge in [0, 0.05) is 5.69 Å². The normalized spacial score (nSPS) is 14.7. The molecule has 0 aromatic heterocycles. The molecule has 1 aliphatic heterocycles. The molecule has 0 spiro atoms. The number of quaternary nitrogens is 1. The number of hydrogen-bond acceptors (Lipinski definition) is 3. The van der Waals surface area contributed by atoms with Gasteiger partial charge in [0.15, 0.2) is 5.11 Å². The molecule has 0 bridgehead atoms. The van der Waals surface area contributed by atoms with Gasteiger partial charge in [-0.1, -0.05) is 0 Å². The van der Waals surface area contributed by atoms with E-state index in [4.69, 9.17) is 21.7 Å². The maximum Gasteiger partial charge on any atom is 0.173 e. The van der Waals surface area contributed by atoms with Crippen molar-refractivity contribution in [2.24, 2.45) is 0 Å². The molecular formula is C20H25FN3O2S+. The van der Waals surface area contributed by atoms with E-state index in [2.05, 4.69) is 10.2 Å². The second kappa shape index (κ2) is 9.01. The first-order valence-corrected chi connectivity index (χ1v) is 9.36. The lowest BCUT2D eigenvalue weighted by Gasteiger charge is -2.34. The SMILES string of the molecule is COc1ccc(NC(=S)N2CC[NH+](Cc3cc(F)ccc3OC)CC2)cc1. The molecule has 2 N–H and O–H groups in total. The van der Waals surface area contributed by atoms with Gasteiger partial charge in [0.2, 0.25) is 0 Å². The first-order valence-electron chi connectivity index (χ1n) is 8.95. The highest BCUT2D eigenvalue weighted by atomic mass is 32.1. The predicted octanol–water partition coefficient (Wildman–Crippen LogP) is 1.94. The molecule has 0 aliphatic carbocycles. The van der Waals surface area contributed by atoms with E-state index in [9.17, 15) is 4.39 Å². The van der Waals surface area contributed by atoms with E-state index in [1.165, 1.54) is 11.0 Å². The fraction of sp³-hybridized carbons (Fsp3) is 0.350. The lowest BCUT2D eigenvalue weighted by molar-refractivity contribution is -0.917. The lowest BCUT2D eigenvalue weighted by atomic mass is 10.1. The minimum absolute atomic E-state index is 0.228. The van der Waals surface area contributed by atoms with E-state index in [1.807, 2.05) is 24.3 Å². The number of ether oxygens (including phenoxy) is 2. The zero-order valence-electron chi connectivity index (χ0n) is 15.6. The number of piperazine rings is 1. The molecular weight excluding hydrogens is 365 g/mol. The highest BCUT2D eigenvalue weighted by molar-refractivity contribution is 7.80. The summed E-state index contributed by atoms with van der Waals surface area (Å²) in [7, 11) is 3.27. The summed E-state index contributed by atoms with van der Waals surface area (Å²) in [5, 5.41) is 4.00. The molecule has 2 aromatic carbocycles. The largest absolute Gasteiger partial charge is 0.497 e. The maximum absolute atomic E-state index is 13.6. The van der Waals surface area contributed by atoms with Crippen LogP contribution in [-0.4, -0.2) is 50.4 Å². The van der Waals surface area contributed by atoms with Gasteiger partial charge in [0.05, 0.1) is 46.0 Å². The Morgan fingerprint density at radius 1 is 1.11 bits per heavy atom. The minimum Gasteiger partial charge on any atom is -0.497 e. The predicted molar refractivity (Wildman–Crippen MR) is 108 cm³/mol. The second-order valence-corrected chi connectivity index (χ2v) is 6.92. The summed E-state index contributed by atoms with van der Waals surface area (Å²) in [6.45, 7) is 4.32. The minimum atomic E-state index is -0.228. The summed E-state index contributed by atoms with van der Waals surface area (Å²) in [5.74, 6) is 1.33. The highest BCUT2D eigenvalue weighted by Crippen LogP contribution is 2.18. The van der Waals surface area contributed by atoms with Crippen molar-refractivity contribution in [2.75, 3.05) is 45.7 Å². The molecule has 3 rings (SSSR count). The molecule has 0 amide bonds. The molecule has 7 heteroatoms. The van der Waals surface area contributed by atoms with E-state index in [0.717, 1.165) is 60.6 Å². The number of thiocarbonyl (C=S) groups is 1. The molecule has 144 valence electrons. The molecule has 0 saturated carbocycles. The Balaban J connectivity index is 1.52. The van der Waals surface area contributed by atoms with Crippen LogP contribution in [0.3, 0.4) is 0 Å². The number of halogens is 1. The number of nitrogens with zero attached hydrogens (tertiary/aromatic N) is 1. The van der Waals surface area contributed by atoms with Crippen molar-refractivity contribution in [3.8, 4) is 11.5 Å². The fourth-order valence-electron chi connectivity index (χ4n) is 3.23. The van der Waals surface area contributed by atoms with Crippen molar-refractivity contribution >= 4 is 23.0 Å². The van der Waals surface area contributed by atoms with E-state index >= 15 is 0 Å². The Labute approximate surface area is 164 Å². The Morgan fingerprint density at radius 2 is 1.81 bits per heavy atom. The highest BCUT2D eigenvalue weighted by Gasteiger charge is 2.23. The smallest absolute Gasteiger partial charge is 0.173 e. The third-order valence-corrected chi connectivity index (χ3v) is 5.14. The van der Waals surface area contributed by atoms with Crippen molar-refractivity contribution in [3.63, 3.8) is 0 Å². The molecule has 27 heavy (non-hydrogen) atoms. The zero-order chi connectivity index (χ0) is 19.2. The third-order valence-electron chi connectivity index (χ3n) is 4.78. The van der Waals surface area contributed by atoms with Gasteiger partial charge < -0.3 is 24.6 Å². The van der Waals surface area contributed by atoms with Gasteiger partial charge in [-0.25, -0.2) is 4.39 Å². The molecule has 1 aliphatic rings. The topological polar surface area (TPSA) is 38.2 Å². The van der Waals surface area contributed by atoms with Crippen LogP contribution in [0.5, 0.6) is 11.5 Å². The van der Waals surface area contributed by atoms with Gasteiger partial charge in [-0.2, -0.15) is 0 Å². The molecule has 1 fully saturated rings. The summed E-state index contributed by atoms with van der Waals surface area (Å²) < 4.78 is 24.1. The van der Waals surface area contributed by atoms with Crippen LogP contribution < -0.4 is 19.7 Å². The van der Waals surface area contributed by atoms with Gasteiger partial charge in [-0.3, -0.25) is 0 Å². The zero-order valence-corrected chi connectivity index (χ0v) is 16.4. The van der Waals surface area contributed by atoms with Crippen LogP contribution in [0, 0.1) is 5.82 Å². The van der Waals surface area contributed by atoms with E-state index in [1.54, 1.807) is 26.4 Å². The fourth-order valence-corrected chi connectivity index (χ4v) is 3.53. The van der Waals surface area contributed by atoms with Crippen molar-refractivity contribution in [3.05, 3.63) is 53.8 Å². The number of nitrogens with one attached hydrogen (secondary N) is 2. The van der Waals surface area contributed by atoms with Crippen molar-refractivity contribution < 1.29 is 18.8 Å². The molecule has 0 atom stereocenters. The van der Waals surface area contributed by atoms with E-state index in [0.29, 0.717) is 0 Å². The Hall–Kier alpha value is -2.38. The summed E-state index contributed by atoms with van der Waals surface area (Å²) in [6, 6.07) is 12.4. The average molecular weight is 391 g/mol. The van der Waals surface area contributed by atoms with Gasteiger partial charge in [-0.05, 0) is 54.7 Å². The number of rotatable bonds is 5. The van der Waals surface area contributed by atoms with Gasteiger partial charge in [0.25, 0.3) is 0 Å². The van der Waals surface area contributed by atoms with E-state index in [-0.39, 0.29) is 5.82 Å². The summed E-state index contributed by atoms with van der Waals surface area (Å²) in [6.07, 6.45) is 0. The first kappa shape index (κ1) is 19.4. The number of hydrogen-bond donors (Lipinski definition) is 2. The summed E-state index contributed by atoms with van der Waals surface area (Å²) in [4.78, 5) is 3.56. The Kier molecular flexibility index (Phi) is 6.47. The van der Waals surface area contributed by atoms with Gasteiger partial charge in [-0.15, -0.1) is 0 Å². The number of methoxy groups -OCH3 is 2. The summed E-state index contributed by atoms with van der Waals surface area (Å²) >= 11 is 5.55. The molecule has 0 unspecified atom stereocenters. The van der Waals surface area contributed by atoms with Crippen LogP contribution in [-0.2, 0) is 6.54 Å². The van der Waals surface area contributed by atoms with Crippen LogP contribution in [0.15, 0.2) is 42.5 Å². The summed E-state index contributed by atoms with van der Waals surface area (Å²) in [5.41, 5.74) is 1.85. The lowest BCUT2D eigenvalue weighted by Crippen LogP contribution is -3.13. The quantitative estimate of drug-likeness (QED) is 0.764. The van der Waals surface area contributed by atoms with Crippen LogP contribution in [0.4, 0.5) is 10.1 Å². The standard InChI is InChI=1S/C20H24FN3O2S/c1-25-18-6-4-17(5-7-18)22-20(27)24-11-9-23(10-12-24)14-15-13-16(21)3-8-19(15)26-2/h3-8,13H,9-12,14H2,1-2H3,(H,22,27)/p+1. The van der Waals surface area contributed by atoms with Crippen molar-refractivity contribution in [1.82, 2.24) is 4.90 Å². The average Bonchev–Trinajstić information content (AvgIpc) is 2.69. The molecule has 2 aromatic rings. The van der Waals surface area contributed by atoms with Crippen LogP contribution in [0.1, 0.15) is 5.56 Å². The van der Waals surface area contributed by atoms with Crippen LogP contribution >= 0.6 is 12.2 Å².